The van der Waals surface area contributed by atoms with Gasteiger partial charge in [0.05, 0.1) is 0 Å². The largest absolute Gasteiger partial charge is 0.381 e. The number of nitrogens with one attached hydrogen (secondary N) is 3. The Morgan fingerprint density at radius 1 is 1.32 bits per heavy atom. The number of nitrogens with zero attached hydrogens (tertiary/aromatic N) is 1. The predicted octanol–water partition coefficient (Wildman–Crippen LogP) is 2.35. The molecule has 2 heterocycles. The summed E-state index contributed by atoms with van der Waals surface area (Å²) in [6.45, 7) is 5.99. The number of hydrogen-bond acceptors (Lipinski definition) is 4. The molecule has 1 fully saturated rings. The third kappa shape index (κ3) is 4.46. The van der Waals surface area contributed by atoms with Gasteiger partial charge in [0.25, 0.3) is 5.91 Å². The molecule has 1 aromatic heterocycles. The van der Waals surface area contributed by atoms with E-state index in [0.717, 1.165) is 18.5 Å². The normalized spacial score (nSPS) is 17.8. The molecule has 0 spiro atoms. The van der Waals surface area contributed by atoms with Gasteiger partial charge in [0.1, 0.15) is 5.69 Å². The van der Waals surface area contributed by atoms with Crippen LogP contribution in [-0.4, -0.2) is 41.4 Å². The lowest BCUT2D eigenvalue weighted by Crippen LogP contribution is -2.57. The van der Waals surface area contributed by atoms with E-state index in [9.17, 15) is 4.79 Å². The summed E-state index contributed by atoms with van der Waals surface area (Å²) in [6.07, 6.45) is 1.73. The topological polar surface area (TPSA) is 79.0 Å². The highest BCUT2D eigenvalue weighted by Gasteiger charge is 2.34. The molecule has 3 N–H and O–H groups in total. The maximum absolute atomic E-state index is 12.3. The standard InChI is InChI=1S/C19H26N4O2/c1-14-12-17(23-22-14)18(24)20-13-19(8-10-25-11-9-19)21-15(2)16-6-4-3-5-7-16/h3-7,12,15,21H,8-11,13H2,1-2H3,(H,20,24)(H,22,23)/t15-/m0/s1. The van der Waals surface area contributed by atoms with Crippen LogP contribution < -0.4 is 10.6 Å². The minimum Gasteiger partial charge on any atom is -0.381 e. The first-order valence-corrected chi connectivity index (χ1v) is 8.79. The molecule has 1 aliphatic heterocycles. The number of H-pyrrole nitrogens is 1. The molecule has 0 unspecified atom stereocenters. The van der Waals surface area contributed by atoms with Gasteiger partial charge in [0, 0.05) is 37.0 Å². The van der Waals surface area contributed by atoms with Crippen molar-refractivity contribution in [3.63, 3.8) is 0 Å². The van der Waals surface area contributed by atoms with E-state index in [2.05, 4.69) is 39.9 Å². The van der Waals surface area contributed by atoms with Gasteiger partial charge < -0.3 is 15.4 Å². The van der Waals surface area contributed by atoms with Gasteiger partial charge in [-0.2, -0.15) is 5.10 Å². The fourth-order valence-electron chi connectivity index (χ4n) is 3.29. The highest BCUT2D eigenvalue weighted by molar-refractivity contribution is 5.92. The van der Waals surface area contributed by atoms with Crippen LogP contribution in [0.1, 0.15) is 47.6 Å². The maximum atomic E-state index is 12.3. The highest BCUT2D eigenvalue weighted by Crippen LogP contribution is 2.25. The summed E-state index contributed by atoms with van der Waals surface area (Å²) in [7, 11) is 0. The zero-order valence-electron chi connectivity index (χ0n) is 14.8. The van der Waals surface area contributed by atoms with Crippen molar-refractivity contribution in [2.45, 2.75) is 38.3 Å². The molecule has 0 aliphatic carbocycles. The van der Waals surface area contributed by atoms with Crippen LogP contribution in [0.2, 0.25) is 0 Å². The summed E-state index contributed by atoms with van der Waals surface area (Å²) in [5.41, 5.74) is 2.37. The Morgan fingerprint density at radius 2 is 2.04 bits per heavy atom. The Kier molecular flexibility index (Phi) is 5.50. The SMILES string of the molecule is Cc1cc(C(=O)NCC2(N[C@@H](C)c3ccccc3)CCOCC2)n[nH]1. The number of carbonyl (C=O) groups excluding carboxylic acids is 1. The van der Waals surface area contributed by atoms with Crippen molar-refractivity contribution in [1.29, 1.82) is 0 Å². The van der Waals surface area contributed by atoms with Crippen molar-refractivity contribution in [1.82, 2.24) is 20.8 Å². The number of rotatable bonds is 6. The van der Waals surface area contributed by atoms with Gasteiger partial charge in [0.2, 0.25) is 0 Å². The molecular weight excluding hydrogens is 316 g/mol. The molecule has 6 heteroatoms. The van der Waals surface area contributed by atoms with Gasteiger partial charge >= 0.3 is 0 Å². The van der Waals surface area contributed by atoms with E-state index in [1.165, 1.54) is 5.56 Å². The summed E-state index contributed by atoms with van der Waals surface area (Å²) in [5.74, 6) is -0.149. The van der Waals surface area contributed by atoms with Crippen molar-refractivity contribution in [3.05, 3.63) is 53.3 Å². The van der Waals surface area contributed by atoms with Gasteiger partial charge in [-0.05, 0) is 38.3 Å². The first kappa shape index (κ1) is 17.6. The van der Waals surface area contributed by atoms with Crippen LogP contribution in [-0.2, 0) is 4.74 Å². The molecule has 1 atom stereocenters. The number of hydrogen-bond donors (Lipinski definition) is 3. The van der Waals surface area contributed by atoms with E-state index in [1.807, 2.05) is 25.1 Å². The lowest BCUT2D eigenvalue weighted by atomic mass is 9.88. The van der Waals surface area contributed by atoms with Crippen molar-refractivity contribution in [2.24, 2.45) is 0 Å². The lowest BCUT2D eigenvalue weighted by Gasteiger charge is -2.40. The second-order valence-electron chi connectivity index (χ2n) is 6.79. The Balaban J connectivity index is 1.67. The quantitative estimate of drug-likeness (QED) is 0.753. The first-order chi connectivity index (χ1) is 12.1. The molecule has 1 aliphatic rings. The molecule has 2 aromatic rings. The number of benzene rings is 1. The summed E-state index contributed by atoms with van der Waals surface area (Å²) in [4.78, 5) is 12.3. The monoisotopic (exact) mass is 342 g/mol. The molecule has 0 bridgehead atoms. The summed E-state index contributed by atoms with van der Waals surface area (Å²) < 4.78 is 5.54. The molecule has 0 radical (unpaired) electrons. The number of amides is 1. The van der Waals surface area contributed by atoms with Crippen LogP contribution in [0.3, 0.4) is 0 Å². The first-order valence-electron chi connectivity index (χ1n) is 8.79. The number of ether oxygens (including phenoxy) is 1. The fraction of sp³-hybridized carbons (Fsp3) is 0.474. The Labute approximate surface area is 148 Å². The Morgan fingerprint density at radius 3 is 2.68 bits per heavy atom. The summed E-state index contributed by atoms with van der Waals surface area (Å²) in [6, 6.07) is 12.3. The molecular formula is C19H26N4O2. The van der Waals surface area contributed by atoms with E-state index in [0.29, 0.717) is 25.5 Å². The van der Waals surface area contributed by atoms with Gasteiger partial charge in [-0.15, -0.1) is 0 Å². The predicted molar refractivity (Wildman–Crippen MR) is 96.4 cm³/mol. The molecule has 1 amide bonds. The van der Waals surface area contributed by atoms with E-state index < -0.39 is 0 Å². The van der Waals surface area contributed by atoms with Crippen LogP contribution in [0, 0.1) is 6.92 Å². The molecule has 134 valence electrons. The average Bonchev–Trinajstić information content (AvgIpc) is 3.08. The minimum atomic E-state index is -0.172. The zero-order valence-corrected chi connectivity index (χ0v) is 14.8. The summed E-state index contributed by atoms with van der Waals surface area (Å²) >= 11 is 0. The zero-order chi connectivity index (χ0) is 17.7. The van der Waals surface area contributed by atoms with E-state index >= 15 is 0 Å². The van der Waals surface area contributed by atoms with E-state index in [-0.39, 0.29) is 17.5 Å². The molecule has 3 rings (SSSR count). The second kappa shape index (κ2) is 7.80. The van der Waals surface area contributed by atoms with Gasteiger partial charge in [0.15, 0.2) is 0 Å². The van der Waals surface area contributed by atoms with Crippen LogP contribution in [0.4, 0.5) is 0 Å². The van der Waals surface area contributed by atoms with Crippen molar-refractivity contribution in [3.8, 4) is 0 Å². The molecule has 1 aromatic carbocycles. The second-order valence-corrected chi connectivity index (χ2v) is 6.79. The van der Waals surface area contributed by atoms with E-state index in [1.54, 1.807) is 6.07 Å². The van der Waals surface area contributed by atoms with Crippen LogP contribution >= 0.6 is 0 Å². The fourth-order valence-corrected chi connectivity index (χ4v) is 3.29. The molecule has 25 heavy (non-hydrogen) atoms. The van der Waals surface area contributed by atoms with Crippen LogP contribution in [0.5, 0.6) is 0 Å². The third-order valence-electron chi connectivity index (χ3n) is 4.80. The van der Waals surface area contributed by atoms with Crippen molar-refractivity contribution < 1.29 is 9.53 Å². The summed E-state index contributed by atoms with van der Waals surface area (Å²) in [5, 5.41) is 13.6. The van der Waals surface area contributed by atoms with Gasteiger partial charge in [-0.25, -0.2) is 0 Å². The highest BCUT2D eigenvalue weighted by atomic mass is 16.5. The molecule has 0 saturated carbocycles. The molecule has 6 nitrogen and oxygen atoms in total. The number of aromatic nitrogens is 2. The van der Waals surface area contributed by atoms with Gasteiger partial charge in [-0.3, -0.25) is 9.89 Å². The van der Waals surface area contributed by atoms with Crippen molar-refractivity contribution >= 4 is 5.91 Å². The van der Waals surface area contributed by atoms with Crippen molar-refractivity contribution in [2.75, 3.05) is 19.8 Å². The number of aromatic amines is 1. The average molecular weight is 342 g/mol. The van der Waals surface area contributed by atoms with Crippen LogP contribution in [0.25, 0.3) is 0 Å². The van der Waals surface area contributed by atoms with E-state index in [4.69, 9.17) is 4.74 Å². The smallest absolute Gasteiger partial charge is 0.271 e. The molecule has 1 saturated heterocycles. The number of carbonyl (C=O) groups is 1. The maximum Gasteiger partial charge on any atom is 0.271 e. The Bertz CT molecular complexity index is 692. The van der Waals surface area contributed by atoms with Gasteiger partial charge in [-0.1, -0.05) is 30.3 Å². The minimum absolute atomic E-state index is 0.149. The number of aryl methyl sites for hydroxylation is 1. The van der Waals surface area contributed by atoms with Crippen LogP contribution in [0.15, 0.2) is 36.4 Å². The Hall–Kier alpha value is -2.18. The third-order valence-corrected chi connectivity index (χ3v) is 4.80. The lowest BCUT2D eigenvalue weighted by molar-refractivity contribution is 0.0332.